The molecule has 1 aromatic heterocycles. The molecule has 0 unspecified atom stereocenters. The van der Waals surface area contributed by atoms with E-state index in [1.807, 2.05) is 28.0 Å². The molecule has 0 radical (unpaired) electrons. The lowest BCUT2D eigenvalue weighted by molar-refractivity contribution is -0.136. The van der Waals surface area contributed by atoms with Gasteiger partial charge >= 0.3 is 0 Å². The number of benzene rings is 1. The average molecular weight is 411 g/mol. The maximum absolute atomic E-state index is 13.1. The summed E-state index contributed by atoms with van der Waals surface area (Å²) in [5.74, 6) is -0.0935. The average Bonchev–Trinajstić information content (AvgIpc) is 3.05. The molecular formula is C23H26FN3O3. The van der Waals surface area contributed by atoms with Crippen LogP contribution in [0.1, 0.15) is 17.7 Å². The van der Waals surface area contributed by atoms with Crippen LogP contribution in [0.3, 0.4) is 0 Å². The van der Waals surface area contributed by atoms with E-state index in [1.54, 1.807) is 18.3 Å². The molecule has 30 heavy (non-hydrogen) atoms. The molecule has 7 heteroatoms. The van der Waals surface area contributed by atoms with Gasteiger partial charge in [-0.3, -0.25) is 14.6 Å². The first-order chi connectivity index (χ1) is 14.6. The zero-order chi connectivity index (χ0) is 20.9. The van der Waals surface area contributed by atoms with E-state index >= 15 is 0 Å². The van der Waals surface area contributed by atoms with E-state index in [4.69, 9.17) is 4.74 Å². The molecule has 2 aliphatic heterocycles. The van der Waals surface area contributed by atoms with E-state index in [-0.39, 0.29) is 36.0 Å². The molecule has 2 amide bonds. The van der Waals surface area contributed by atoms with Crippen molar-refractivity contribution in [3.05, 3.63) is 65.7 Å². The third kappa shape index (κ3) is 5.02. The minimum atomic E-state index is -0.279. The second-order valence-corrected chi connectivity index (χ2v) is 8.03. The molecule has 0 N–H and O–H groups in total. The molecule has 158 valence electrons. The molecule has 6 nitrogen and oxygen atoms in total. The van der Waals surface area contributed by atoms with Crippen molar-refractivity contribution in [3.63, 3.8) is 0 Å². The van der Waals surface area contributed by atoms with Gasteiger partial charge in [-0.05, 0) is 36.2 Å². The zero-order valence-electron chi connectivity index (χ0n) is 16.9. The fraction of sp³-hybridized carbons (Fsp3) is 0.435. The molecule has 0 aliphatic carbocycles. The quantitative estimate of drug-likeness (QED) is 0.756. The van der Waals surface area contributed by atoms with Crippen molar-refractivity contribution >= 4 is 11.8 Å². The highest BCUT2D eigenvalue weighted by Crippen LogP contribution is 2.22. The molecule has 2 bridgehead atoms. The Labute approximate surface area is 175 Å². The fourth-order valence-corrected chi connectivity index (χ4v) is 4.17. The number of aryl methyl sites for hydroxylation is 1. The molecule has 1 aromatic carbocycles. The predicted octanol–water partition coefficient (Wildman–Crippen LogP) is 2.08. The smallest absolute Gasteiger partial charge is 0.228 e. The molecule has 2 saturated heterocycles. The van der Waals surface area contributed by atoms with Crippen molar-refractivity contribution in [3.8, 4) is 0 Å². The third-order valence-electron chi connectivity index (χ3n) is 5.74. The molecular weight excluding hydrogens is 385 g/mol. The summed E-state index contributed by atoms with van der Waals surface area (Å²) in [5.41, 5.74) is 1.69. The summed E-state index contributed by atoms with van der Waals surface area (Å²) >= 11 is 0. The topological polar surface area (TPSA) is 62.7 Å². The summed E-state index contributed by atoms with van der Waals surface area (Å²) in [6.07, 6.45) is 2.88. The van der Waals surface area contributed by atoms with Crippen LogP contribution in [0.4, 0.5) is 4.39 Å². The van der Waals surface area contributed by atoms with Crippen molar-refractivity contribution in [1.82, 2.24) is 14.8 Å². The maximum Gasteiger partial charge on any atom is 0.228 e. The highest BCUT2D eigenvalue weighted by Gasteiger charge is 2.37. The second kappa shape index (κ2) is 9.34. The summed E-state index contributed by atoms with van der Waals surface area (Å²) in [6.45, 7) is 2.65. The second-order valence-electron chi connectivity index (χ2n) is 8.03. The van der Waals surface area contributed by atoms with Gasteiger partial charge in [0.25, 0.3) is 0 Å². The SMILES string of the molecule is O=C(Cc1ccccn1)N1C[C@@H]2COC[C@H](C1)N(C(=O)CCc1ccc(F)cc1)C2. The number of ether oxygens (including phenoxy) is 1. The Balaban J connectivity index is 1.40. The highest BCUT2D eigenvalue weighted by atomic mass is 19.1. The van der Waals surface area contributed by atoms with Gasteiger partial charge < -0.3 is 14.5 Å². The Kier molecular flexibility index (Phi) is 6.38. The van der Waals surface area contributed by atoms with Crippen LogP contribution in [-0.4, -0.2) is 65.5 Å². The Morgan fingerprint density at radius 3 is 2.63 bits per heavy atom. The summed E-state index contributed by atoms with van der Waals surface area (Å²) < 4.78 is 18.9. The number of rotatable bonds is 5. The van der Waals surface area contributed by atoms with E-state index in [2.05, 4.69) is 4.98 Å². The third-order valence-corrected chi connectivity index (χ3v) is 5.74. The van der Waals surface area contributed by atoms with E-state index in [0.717, 1.165) is 11.3 Å². The van der Waals surface area contributed by atoms with Gasteiger partial charge in [0.05, 0.1) is 25.7 Å². The van der Waals surface area contributed by atoms with Gasteiger partial charge in [-0.25, -0.2) is 4.39 Å². The first-order valence-electron chi connectivity index (χ1n) is 10.4. The number of carbonyl (C=O) groups excluding carboxylic acids is 2. The number of aromatic nitrogens is 1. The molecule has 0 saturated carbocycles. The van der Waals surface area contributed by atoms with Crippen molar-refractivity contribution in [2.75, 3.05) is 32.8 Å². The van der Waals surface area contributed by atoms with Crippen molar-refractivity contribution in [2.24, 2.45) is 5.92 Å². The predicted molar refractivity (Wildman–Crippen MR) is 109 cm³/mol. The number of nitrogens with zero attached hydrogens (tertiary/aromatic N) is 3. The van der Waals surface area contributed by atoms with Gasteiger partial charge in [0.15, 0.2) is 0 Å². The number of fused-ring (bicyclic) bond motifs is 3. The summed E-state index contributed by atoms with van der Waals surface area (Å²) in [5, 5.41) is 0. The number of hydrogen-bond donors (Lipinski definition) is 0. The standard InChI is InChI=1S/C23H26FN3O3/c24-19-7-4-17(5-8-19)6-9-22(28)27-13-18-12-26(14-21(27)16-30-15-18)23(29)11-20-3-1-2-10-25-20/h1-5,7-8,10,18,21H,6,9,11-16H2/t18-,21-/m0/s1. The first-order valence-corrected chi connectivity index (χ1v) is 10.4. The Morgan fingerprint density at radius 2 is 1.87 bits per heavy atom. The monoisotopic (exact) mass is 411 g/mol. The zero-order valence-corrected chi connectivity index (χ0v) is 16.9. The normalized spacial score (nSPS) is 21.2. The number of amides is 2. The van der Waals surface area contributed by atoms with Crippen LogP contribution in [0.5, 0.6) is 0 Å². The molecule has 2 atom stereocenters. The van der Waals surface area contributed by atoms with E-state index in [1.165, 1.54) is 12.1 Å². The number of pyridine rings is 1. The Bertz CT molecular complexity index is 875. The van der Waals surface area contributed by atoms with Gasteiger partial charge in [0.2, 0.25) is 11.8 Å². The Hall–Kier alpha value is -2.80. The number of hydrogen-bond acceptors (Lipinski definition) is 4. The van der Waals surface area contributed by atoms with Crippen LogP contribution in [0, 0.1) is 11.7 Å². The molecule has 4 rings (SSSR count). The molecule has 2 aliphatic rings. The summed E-state index contributed by atoms with van der Waals surface area (Å²) in [6, 6.07) is 11.7. The van der Waals surface area contributed by atoms with Crippen LogP contribution in [0.25, 0.3) is 0 Å². The van der Waals surface area contributed by atoms with E-state index in [0.29, 0.717) is 45.7 Å². The number of carbonyl (C=O) groups is 2. The molecule has 2 fully saturated rings. The summed E-state index contributed by atoms with van der Waals surface area (Å²) in [4.78, 5) is 33.9. The minimum absolute atomic E-state index is 0.0335. The minimum Gasteiger partial charge on any atom is -0.379 e. The maximum atomic E-state index is 13.1. The lowest BCUT2D eigenvalue weighted by Gasteiger charge is -2.31. The van der Waals surface area contributed by atoms with Gasteiger partial charge in [-0.1, -0.05) is 18.2 Å². The van der Waals surface area contributed by atoms with Gasteiger partial charge in [-0.15, -0.1) is 0 Å². The van der Waals surface area contributed by atoms with Gasteiger partial charge in [0.1, 0.15) is 5.82 Å². The van der Waals surface area contributed by atoms with Crippen LogP contribution in [0.15, 0.2) is 48.7 Å². The van der Waals surface area contributed by atoms with E-state index in [9.17, 15) is 14.0 Å². The lowest BCUT2D eigenvalue weighted by Crippen LogP contribution is -2.48. The van der Waals surface area contributed by atoms with Crippen molar-refractivity contribution in [2.45, 2.75) is 25.3 Å². The van der Waals surface area contributed by atoms with Crippen LogP contribution >= 0.6 is 0 Å². The number of halogens is 1. The van der Waals surface area contributed by atoms with Crippen LogP contribution < -0.4 is 0 Å². The van der Waals surface area contributed by atoms with Gasteiger partial charge in [-0.2, -0.15) is 0 Å². The highest BCUT2D eigenvalue weighted by molar-refractivity contribution is 5.79. The summed E-state index contributed by atoms with van der Waals surface area (Å²) in [7, 11) is 0. The van der Waals surface area contributed by atoms with Gasteiger partial charge in [0, 0.05) is 43.9 Å². The van der Waals surface area contributed by atoms with Crippen LogP contribution in [0.2, 0.25) is 0 Å². The van der Waals surface area contributed by atoms with Crippen molar-refractivity contribution in [1.29, 1.82) is 0 Å². The Morgan fingerprint density at radius 1 is 1.03 bits per heavy atom. The molecule has 2 aromatic rings. The molecule has 3 heterocycles. The van der Waals surface area contributed by atoms with Crippen molar-refractivity contribution < 1.29 is 18.7 Å². The fourth-order valence-electron chi connectivity index (χ4n) is 4.17. The largest absolute Gasteiger partial charge is 0.379 e. The van der Waals surface area contributed by atoms with Crippen LogP contribution in [-0.2, 0) is 27.2 Å². The van der Waals surface area contributed by atoms with E-state index < -0.39 is 0 Å². The lowest BCUT2D eigenvalue weighted by atomic mass is 10.1. The first kappa shape index (κ1) is 20.5. The molecule has 0 spiro atoms.